The summed E-state index contributed by atoms with van der Waals surface area (Å²) in [6.07, 6.45) is -3.05. The van der Waals surface area contributed by atoms with E-state index in [2.05, 4.69) is 10.1 Å². The molecule has 0 aliphatic rings. The number of sulfonamides is 1. The Morgan fingerprint density at radius 2 is 2.06 bits per heavy atom. The molecule has 0 spiro atoms. The van der Waals surface area contributed by atoms with Crippen LogP contribution in [0.2, 0.25) is 0 Å². The van der Waals surface area contributed by atoms with Gasteiger partial charge in [0.1, 0.15) is 5.69 Å². The molecule has 0 saturated carbocycles. The van der Waals surface area contributed by atoms with Crippen LogP contribution in [0.15, 0.2) is 11.1 Å². The van der Waals surface area contributed by atoms with Crippen LogP contribution in [0.25, 0.3) is 0 Å². The molecule has 17 heavy (non-hydrogen) atoms. The van der Waals surface area contributed by atoms with Gasteiger partial charge in [0, 0.05) is 9.64 Å². The first-order valence-electron chi connectivity index (χ1n) is 3.80. The van der Waals surface area contributed by atoms with Gasteiger partial charge in [0.2, 0.25) is 5.03 Å². The van der Waals surface area contributed by atoms with Crippen LogP contribution < -0.4 is 5.14 Å². The Morgan fingerprint density at radius 1 is 1.53 bits per heavy atom. The van der Waals surface area contributed by atoms with Gasteiger partial charge in [-0.25, -0.2) is 27.3 Å². The Bertz CT molecular complexity index is 577. The summed E-state index contributed by atoms with van der Waals surface area (Å²) in [7, 11) is -4.54. The Morgan fingerprint density at radius 3 is 2.41 bits per heavy atom. The molecule has 0 fully saturated rings. The van der Waals surface area contributed by atoms with Crippen molar-refractivity contribution in [1.82, 2.24) is 4.98 Å². The first kappa shape index (κ1) is 14.1. The second kappa shape index (κ2) is 4.73. The number of hydrogen-bond donors (Lipinski definition) is 1. The standard InChI is InChI=1S/C6H4F2IN3O4S/c7-5(8)4-2(9)1-3(12(13)14)6(11-4)17(10,15)16/h1,5H,(H2,10,15,16). The summed E-state index contributed by atoms with van der Waals surface area (Å²) in [6.45, 7) is 0. The van der Waals surface area contributed by atoms with Crippen LogP contribution in [0, 0.1) is 13.7 Å². The van der Waals surface area contributed by atoms with Crippen molar-refractivity contribution in [2.24, 2.45) is 5.14 Å². The number of nitrogens with two attached hydrogens (primary N) is 1. The molecule has 0 atom stereocenters. The largest absolute Gasteiger partial charge is 0.309 e. The van der Waals surface area contributed by atoms with Crippen LogP contribution in [0.1, 0.15) is 12.1 Å². The number of nitro groups is 1. The average Bonchev–Trinajstić information content (AvgIpc) is 2.14. The van der Waals surface area contributed by atoms with E-state index < -0.39 is 37.8 Å². The van der Waals surface area contributed by atoms with E-state index in [1.54, 1.807) is 0 Å². The van der Waals surface area contributed by atoms with E-state index in [9.17, 15) is 27.3 Å². The molecule has 0 saturated heterocycles. The highest BCUT2D eigenvalue weighted by molar-refractivity contribution is 14.1. The molecule has 0 bridgehead atoms. The molecule has 1 aromatic rings. The third kappa shape index (κ3) is 3.04. The lowest BCUT2D eigenvalue weighted by Crippen LogP contribution is -2.17. The summed E-state index contributed by atoms with van der Waals surface area (Å²) in [4.78, 5) is 12.6. The van der Waals surface area contributed by atoms with Crippen molar-refractivity contribution in [3.05, 3.63) is 25.4 Å². The normalized spacial score (nSPS) is 11.8. The number of nitrogens with zero attached hydrogens (tertiary/aromatic N) is 2. The van der Waals surface area contributed by atoms with Gasteiger partial charge in [-0.15, -0.1) is 0 Å². The number of primary sulfonamides is 1. The Labute approximate surface area is 107 Å². The molecule has 11 heteroatoms. The molecule has 94 valence electrons. The quantitative estimate of drug-likeness (QED) is 0.481. The smallest absolute Gasteiger partial charge is 0.258 e. The van der Waals surface area contributed by atoms with Crippen molar-refractivity contribution >= 4 is 38.3 Å². The van der Waals surface area contributed by atoms with Crippen molar-refractivity contribution < 1.29 is 22.1 Å². The Kier molecular flexibility index (Phi) is 3.93. The first-order chi connectivity index (χ1) is 7.64. The summed E-state index contributed by atoms with van der Waals surface area (Å²) in [5, 5.41) is 14.1. The second-order valence-electron chi connectivity index (χ2n) is 2.78. The van der Waals surface area contributed by atoms with Gasteiger partial charge in [0.05, 0.1) is 4.92 Å². The van der Waals surface area contributed by atoms with Gasteiger partial charge in [-0.2, -0.15) is 0 Å². The molecule has 0 aliphatic heterocycles. The minimum absolute atomic E-state index is 0.211. The van der Waals surface area contributed by atoms with E-state index in [1.807, 2.05) is 0 Å². The maximum atomic E-state index is 12.5. The molecule has 0 unspecified atom stereocenters. The molecular formula is C6H4F2IN3O4S. The molecule has 1 heterocycles. The fourth-order valence-electron chi connectivity index (χ4n) is 0.969. The van der Waals surface area contributed by atoms with Gasteiger partial charge in [-0.3, -0.25) is 10.1 Å². The molecule has 0 amide bonds. The lowest BCUT2D eigenvalue weighted by Gasteiger charge is -2.05. The van der Waals surface area contributed by atoms with Gasteiger partial charge in [0.25, 0.3) is 16.4 Å². The van der Waals surface area contributed by atoms with Gasteiger partial charge in [-0.1, -0.05) is 0 Å². The second-order valence-corrected chi connectivity index (χ2v) is 5.42. The number of rotatable bonds is 3. The van der Waals surface area contributed by atoms with Crippen molar-refractivity contribution in [3.63, 3.8) is 0 Å². The molecule has 1 aromatic heterocycles. The molecule has 0 aliphatic carbocycles. The zero-order valence-electron chi connectivity index (χ0n) is 7.80. The van der Waals surface area contributed by atoms with E-state index in [1.165, 1.54) is 22.6 Å². The van der Waals surface area contributed by atoms with Crippen LogP contribution in [-0.2, 0) is 10.0 Å². The Hall–Kier alpha value is -0.950. The lowest BCUT2D eigenvalue weighted by atomic mass is 10.3. The van der Waals surface area contributed by atoms with E-state index in [-0.39, 0.29) is 3.57 Å². The van der Waals surface area contributed by atoms with Crippen molar-refractivity contribution in [3.8, 4) is 0 Å². The van der Waals surface area contributed by atoms with Crippen molar-refractivity contribution in [2.45, 2.75) is 11.5 Å². The van der Waals surface area contributed by atoms with Gasteiger partial charge < -0.3 is 0 Å². The monoisotopic (exact) mass is 379 g/mol. The summed E-state index contributed by atoms with van der Waals surface area (Å²) in [5.74, 6) is 0. The first-order valence-corrected chi connectivity index (χ1v) is 6.43. The van der Waals surface area contributed by atoms with Crippen LogP contribution in [-0.4, -0.2) is 18.3 Å². The van der Waals surface area contributed by atoms with E-state index in [0.29, 0.717) is 6.07 Å². The molecule has 2 N–H and O–H groups in total. The summed E-state index contributed by atoms with van der Waals surface area (Å²) < 4.78 is 46.7. The van der Waals surface area contributed by atoms with Gasteiger partial charge in [-0.05, 0) is 22.6 Å². The fraction of sp³-hybridized carbons (Fsp3) is 0.167. The van der Waals surface area contributed by atoms with E-state index in [0.717, 1.165) is 0 Å². The maximum absolute atomic E-state index is 12.5. The summed E-state index contributed by atoms with van der Waals surface area (Å²) >= 11 is 1.40. The molecule has 0 radical (unpaired) electrons. The zero-order valence-corrected chi connectivity index (χ0v) is 10.8. The topological polar surface area (TPSA) is 116 Å². The molecule has 0 aromatic carbocycles. The number of pyridine rings is 1. The molecular weight excluding hydrogens is 375 g/mol. The van der Waals surface area contributed by atoms with Crippen LogP contribution >= 0.6 is 22.6 Å². The summed E-state index contributed by atoms with van der Waals surface area (Å²) in [6, 6.07) is 0.689. The van der Waals surface area contributed by atoms with Crippen LogP contribution in [0.4, 0.5) is 14.5 Å². The van der Waals surface area contributed by atoms with Gasteiger partial charge in [0.15, 0.2) is 0 Å². The third-order valence-electron chi connectivity index (χ3n) is 1.62. The minimum Gasteiger partial charge on any atom is -0.258 e. The predicted octanol–water partition coefficient (Wildman–Crippen LogP) is 1.18. The number of aromatic nitrogens is 1. The lowest BCUT2D eigenvalue weighted by molar-refractivity contribution is -0.388. The number of halogens is 3. The van der Waals surface area contributed by atoms with Gasteiger partial charge >= 0.3 is 5.69 Å². The zero-order chi connectivity index (χ0) is 13.4. The van der Waals surface area contributed by atoms with Crippen LogP contribution in [0.5, 0.6) is 0 Å². The van der Waals surface area contributed by atoms with Crippen molar-refractivity contribution in [2.75, 3.05) is 0 Å². The fourth-order valence-corrected chi connectivity index (χ4v) is 2.27. The minimum atomic E-state index is -4.54. The van der Waals surface area contributed by atoms with E-state index in [4.69, 9.17) is 0 Å². The highest BCUT2D eigenvalue weighted by Gasteiger charge is 2.29. The molecule has 1 rings (SSSR count). The third-order valence-corrected chi connectivity index (χ3v) is 3.33. The maximum Gasteiger partial charge on any atom is 0.309 e. The average molecular weight is 379 g/mol. The summed E-state index contributed by atoms with van der Waals surface area (Å²) in [5.41, 5.74) is -1.79. The molecule has 7 nitrogen and oxygen atoms in total. The predicted molar refractivity (Wildman–Crippen MR) is 59.9 cm³/mol. The SMILES string of the molecule is NS(=O)(=O)c1nc(C(F)F)c(I)cc1[N+](=O)[O-]. The Balaban J connectivity index is 3.66. The highest BCUT2D eigenvalue weighted by atomic mass is 127. The number of hydrogen-bond acceptors (Lipinski definition) is 5. The van der Waals surface area contributed by atoms with Crippen LogP contribution in [0.3, 0.4) is 0 Å². The highest BCUT2D eigenvalue weighted by Crippen LogP contribution is 2.29. The number of alkyl halides is 2. The van der Waals surface area contributed by atoms with E-state index >= 15 is 0 Å². The van der Waals surface area contributed by atoms with Crippen molar-refractivity contribution in [1.29, 1.82) is 0 Å².